The van der Waals surface area contributed by atoms with Crippen LogP contribution in [0.25, 0.3) is 11.0 Å². The summed E-state index contributed by atoms with van der Waals surface area (Å²) in [7, 11) is 0. The number of fused-ring (bicyclic) bond motifs is 1. The van der Waals surface area contributed by atoms with E-state index in [9.17, 15) is 4.79 Å². The summed E-state index contributed by atoms with van der Waals surface area (Å²) >= 11 is 0. The van der Waals surface area contributed by atoms with Crippen molar-refractivity contribution in [3.8, 4) is 0 Å². The molecule has 0 bridgehead atoms. The van der Waals surface area contributed by atoms with Crippen LogP contribution >= 0.6 is 0 Å². The van der Waals surface area contributed by atoms with Gasteiger partial charge in [-0.15, -0.1) is 0 Å². The minimum atomic E-state index is -0.0795. The molecule has 0 spiro atoms. The molecular weight excluding hydrogens is 312 g/mol. The van der Waals surface area contributed by atoms with E-state index < -0.39 is 0 Å². The van der Waals surface area contributed by atoms with Crippen molar-refractivity contribution in [2.75, 3.05) is 5.32 Å². The van der Waals surface area contributed by atoms with Crippen LogP contribution in [-0.4, -0.2) is 11.1 Å². The quantitative estimate of drug-likeness (QED) is 0.702. The fourth-order valence-corrected chi connectivity index (χ4v) is 2.98. The third-order valence-electron chi connectivity index (χ3n) is 4.87. The van der Waals surface area contributed by atoms with E-state index in [-0.39, 0.29) is 12.3 Å². The van der Waals surface area contributed by atoms with Crippen LogP contribution in [0.3, 0.4) is 0 Å². The van der Waals surface area contributed by atoms with Gasteiger partial charge in [-0.1, -0.05) is 37.2 Å². The molecule has 3 aromatic rings. The Bertz CT molecular complexity index is 911. The van der Waals surface area contributed by atoms with Gasteiger partial charge in [0.15, 0.2) is 5.58 Å². The molecule has 0 radical (unpaired) electrons. The van der Waals surface area contributed by atoms with Crippen molar-refractivity contribution in [1.82, 2.24) is 5.16 Å². The molecule has 1 heterocycles. The van der Waals surface area contributed by atoms with E-state index in [0.29, 0.717) is 11.6 Å². The van der Waals surface area contributed by atoms with Gasteiger partial charge >= 0.3 is 0 Å². The smallest absolute Gasteiger partial charge is 0.230 e. The Morgan fingerprint density at radius 3 is 2.68 bits per heavy atom. The average molecular weight is 336 g/mol. The summed E-state index contributed by atoms with van der Waals surface area (Å²) in [6.45, 7) is 8.40. The van der Waals surface area contributed by atoms with Gasteiger partial charge in [0.25, 0.3) is 0 Å². The second-order valence-corrected chi connectivity index (χ2v) is 6.68. The van der Waals surface area contributed by atoms with E-state index in [4.69, 9.17) is 4.52 Å². The number of nitrogens with one attached hydrogen (secondary N) is 1. The fraction of sp³-hybridized carbons (Fsp3) is 0.333. The summed E-state index contributed by atoms with van der Waals surface area (Å²) in [4.78, 5) is 12.5. The molecule has 0 saturated carbocycles. The molecule has 2 aromatic carbocycles. The van der Waals surface area contributed by atoms with E-state index >= 15 is 0 Å². The highest BCUT2D eigenvalue weighted by atomic mass is 16.5. The van der Waals surface area contributed by atoms with Crippen molar-refractivity contribution in [3.63, 3.8) is 0 Å². The first kappa shape index (κ1) is 17.2. The Labute approximate surface area is 148 Å². The first-order valence-corrected chi connectivity index (χ1v) is 8.73. The minimum Gasteiger partial charge on any atom is -0.356 e. The Kier molecular flexibility index (Phi) is 4.88. The van der Waals surface area contributed by atoms with E-state index in [1.165, 1.54) is 5.56 Å². The van der Waals surface area contributed by atoms with Gasteiger partial charge in [-0.2, -0.15) is 0 Å². The number of hydrogen-bond acceptors (Lipinski definition) is 3. The number of rotatable bonds is 5. The van der Waals surface area contributed by atoms with Gasteiger partial charge in [0, 0.05) is 11.1 Å². The molecule has 4 heteroatoms. The summed E-state index contributed by atoms with van der Waals surface area (Å²) in [5, 5.41) is 8.04. The highest BCUT2D eigenvalue weighted by molar-refractivity contribution is 5.95. The van der Waals surface area contributed by atoms with Gasteiger partial charge < -0.3 is 9.84 Å². The number of benzene rings is 2. The molecule has 0 saturated heterocycles. The standard InChI is InChI=1S/C21H24N2O2/c1-5-13(2)16-8-6-7-9-18(16)22-21(24)12-19-17-10-14(3)15(4)11-20(17)25-23-19/h6-11,13H,5,12H2,1-4H3,(H,22,24). The summed E-state index contributed by atoms with van der Waals surface area (Å²) < 4.78 is 5.39. The van der Waals surface area contributed by atoms with Gasteiger partial charge in [0.1, 0.15) is 5.69 Å². The second-order valence-electron chi connectivity index (χ2n) is 6.68. The molecule has 1 N–H and O–H groups in total. The first-order chi connectivity index (χ1) is 12.0. The van der Waals surface area contributed by atoms with E-state index in [0.717, 1.165) is 34.2 Å². The third kappa shape index (κ3) is 3.58. The maximum Gasteiger partial charge on any atom is 0.230 e. The Hall–Kier alpha value is -2.62. The molecule has 1 atom stereocenters. The molecule has 0 fully saturated rings. The van der Waals surface area contributed by atoms with Crippen LogP contribution in [-0.2, 0) is 11.2 Å². The predicted octanol–water partition coefficient (Wildman–Crippen LogP) is 5.14. The van der Waals surface area contributed by atoms with Crippen LogP contribution in [0.2, 0.25) is 0 Å². The van der Waals surface area contributed by atoms with E-state index in [1.54, 1.807) is 0 Å². The zero-order valence-corrected chi connectivity index (χ0v) is 15.2. The van der Waals surface area contributed by atoms with Crippen molar-refractivity contribution in [3.05, 3.63) is 58.8 Å². The SMILES string of the molecule is CCC(C)c1ccccc1NC(=O)Cc1noc2cc(C)c(C)cc12. The third-order valence-corrected chi connectivity index (χ3v) is 4.87. The maximum atomic E-state index is 12.5. The number of carbonyl (C=O) groups is 1. The zero-order chi connectivity index (χ0) is 18.0. The molecule has 1 unspecified atom stereocenters. The number of amides is 1. The monoisotopic (exact) mass is 336 g/mol. The number of nitrogens with zero attached hydrogens (tertiary/aromatic N) is 1. The number of carbonyl (C=O) groups excluding carboxylic acids is 1. The first-order valence-electron chi connectivity index (χ1n) is 8.73. The number of anilines is 1. The lowest BCUT2D eigenvalue weighted by molar-refractivity contribution is -0.115. The lowest BCUT2D eigenvalue weighted by Crippen LogP contribution is -2.16. The normalized spacial score (nSPS) is 12.3. The molecular formula is C21H24N2O2. The lowest BCUT2D eigenvalue weighted by Gasteiger charge is -2.15. The van der Waals surface area contributed by atoms with Crippen molar-refractivity contribution < 1.29 is 9.32 Å². The average Bonchev–Trinajstić information content (AvgIpc) is 2.96. The number of para-hydroxylation sites is 1. The fourth-order valence-electron chi connectivity index (χ4n) is 2.98. The van der Waals surface area contributed by atoms with Crippen molar-refractivity contribution >= 4 is 22.6 Å². The van der Waals surface area contributed by atoms with Crippen LogP contribution in [0.4, 0.5) is 5.69 Å². The largest absolute Gasteiger partial charge is 0.356 e. The van der Waals surface area contributed by atoms with Gasteiger partial charge in [-0.3, -0.25) is 4.79 Å². The topological polar surface area (TPSA) is 55.1 Å². The summed E-state index contributed by atoms with van der Waals surface area (Å²) in [5.74, 6) is 0.319. The molecule has 1 amide bonds. The van der Waals surface area contributed by atoms with E-state index in [1.807, 2.05) is 44.2 Å². The van der Waals surface area contributed by atoms with Crippen molar-refractivity contribution in [2.24, 2.45) is 0 Å². The molecule has 0 aliphatic heterocycles. The minimum absolute atomic E-state index is 0.0795. The van der Waals surface area contributed by atoms with Crippen molar-refractivity contribution in [2.45, 2.75) is 46.5 Å². The zero-order valence-electron chi connectivity index (χ0n) is 15.2. The van der Waals surface area contributed by atoms with Crippen LogP contribution in [0, 0.1) is 13.8 Å². The molecule has 3 rings (SSSR count). The van der Waals surface area contributed by atoms with Crippen LogP contribution in [0.5, 0.6) is 0 Å². The highest BCUT2D eigenvalue weighted by Crippen LogP contribution is 2.27. The van der Waals surface area contributed by atoms with Gasteiger partial charge in [-0.25, -0.2) is 0 Å². The van der Waals surface area contributed by atoms with Crippen LogP contribution in [0.1, 0.15) is 48.6 Å². The summed E-state index contributed by atoms with van der Waals surface area (Å²) in [5.41, 5.74) is 5.76. The molecule has 0 aliphatic rings. The number of hydrogen-bond donors (Lipinski definition) is 1. The summed E-state index contributed by atoms with van der Waals surface area (Å²) in [6.07, 6.45) is 1.23. The Morgan fingerprint density at radius 1 is 1.20 bits per heavy atom. The molecule has 4 nitrogen and oxygen atoms in total. The highest BCUT2D eigenvalue weighted by Gasteiger charge is 2.15. The van der Waals surface area contributed by atoms with E-state index in [2.05, 4.69) is 30.4 Å². The predicted molar refractivity (Wildman–Crippen MR) is 101 cm³/mol. The summed E-state index contributed by atoms with van der Waals surface area (Å²) in [6, 6.07) is 12.0. The van der Waals surface area contributed by atoms with Gasteiger partial charge in [0.2, 0.25) is 5.91 Å². The van der Waals surface area contributed by atoms with Crippen molar-refractivity contribution in [1.29, 1.82) is 0 Å². The Morgan fingerprint density at radius 2 is 1.92 bits per heavy atom. The maximum absolute atomic E-state index is 12.5. The van der Waals surface area contributed by atoms with Gasteiger partial charge in [0.05, 0.1) is 6.42 Å². The number of aromatic nitrogens is 1. The molecule has 1 aromatic heterocycles. The molecule has 130 valence electrons. The van der Waals surface area contributed by atoms with Gasteiger partial charge in [-0.05, 0) is 61.1 Å². The van der Waals surface area contributed by atoms with Crippen LogP contribution in [0.15, 0.2) is 40.9 Å². The molecule has 25 heavy (non-hydrogen) atoms. The number of aryl methyl sites for hydroxylation is 2. The lowest BCUT2D eigenvalue weighted by atomic mass is 9.97. The van der Waals surface area contributed by atoms with Crippen LogP contribution < -0.4 is 5.32 Å². The molecule has 0 aliphatic carbocycles. The Balaban J connectivity index is 1.81. The second kappa shape index (κ2) is 7.09.